The van der Waals surface area contributed by atoms with Crippen LogP contribution in [0.2, 0.25) is 0 Å². The van der Waals surface area contributed by atoms with Gasteiger partial charge in [-0.3, -0.25) is 24.3 Å². The molecule has 0 spiro atoms. The summed E-state index contributed by atoms with van der Waals surface area (Å²) < 4.78 is 5.73. The highest BCUT2D eigenvalue weighted by molar-refractivity contribution is 6.25. The van der Waals surface area contributed by atoms with Crippen LogP contribution in [0.1, 0.15) is 41.0 Å². The van der Waals surface area contributed by atoms with Crippen molar-refractivity contribution in [3.05, 3.63) is 47.5 Å². The smallest absolute Gasteiger partial charge is 0.261 e. The summed E-state index contributed by atoms with van der Waals surface area (Å²) in [5.41, 5.74) is 0.546. The Morgan fingerprint density at radius 2 is 1.62 bits per heavy atom. The van der Waals surface area contributed by atoms with Gasteiger partial charge in [-0.2, -0.15) is 0 Å². The van der Waals surface area contributed by atoms with E-state index in [1.165, 1.54) is 4.90 Å². The fraction of sp³-hybridized carbons (Fsp3) is 0.481. The summed E-state index contributed by atoms with van der Waals surface area (Å²) in [6.45, 7) is 8.80. The van der Waals surface area contributed by atoms with Crippen LogP contribution in [-0.4, -0.2) is 95.7 Å². The SMILES string of the molecule is C#C[C@](C)(CC)OC[C@@H](O)CN1CCN(CCN2C(=O)c3cccc4cccc(c34)C2=O)CC1. The number of benzene rings is 2. The number of amides is 2. The summed E-state index contributed by atoms with van der Waals surface area (Å²) in [5.74, 6) is 2.21. The minimum absolute atomic E-state index is 0.210. The van der Waals surface area contributed by atoms with Gasteiger partial charge >= 0.3 is 0 Å². The van der Waals surface area contributed by atoms with Crippen LogP contribution in [0.4, 0.5) is 0 Å². The maximum Gasteiger partial charge on any atom is 0.261 e. The first kappa shape index (κ1) is 24.4. The standard InChI is InChI=1S/C27H33N3O4/c1-4-27(3,5-2)34-19-21(31)18-29-14-12-28(13-15-29)16-17-30-25(32)22-10-6-8-20-9-7-11-23(24(20)22)26(30)33/h1,6-11,21,31H,5,12-19H2,2-3H3/t21-,27+/m0/s1. The lowest BCUT2D eigenvalue weighted by Crippen LogP contribution is -2.52. The number of rotatable bonds is 9. The minimum Gasteiger partial charge on any atom is -0.389 e. The number of nitrogens with zero attached hydrogens (tertiary/aromatic N) is 3. The molecule has 4 rings (SSSR count). The molecule has 1 fully saturated rings. The molecule has 2 amide bonds. The van der Waals surface area contributed by atoms with Gasteiger partial charge in [-0.15, -0.1) is 6.42 Å². The highest BCUT2D eigenvalue weighted by Gasteiger charge is 2.33. The fourth-order valence-electron chi connectivity index (χ4n) is 4.60. The Balaban J connectivity index is 1.27. The van der Waals surface area contributed by atoms with Gasteiger partial charge in [-0.1, -0.05) is 37.1 Å². The van der Waals surface area contributed by atoms with E-state index in [1.54, 1.807) is 12.1 Å². The van der Waals surface area contributed by atoms with Crippen LogP contribution in [0.15, 0.2) is 36.4 Å². The van der Waals surface area contributed by atoms with Crippen molar-refractivity contribution in [3.63, 3.8) is 0 Å². The van der Waals surface area contributed by atoms with Crippen molar-refractivity contribution >= 4 is 22.6 Å². The van der Waals surface area contributed by atoms with Crippen molar-refractivity contribution in [1.29, 1.82) is 0 Å². The van der Waals surface area contributed by atoms with Gasteiger partial charge in [0.25, 0.3) is 11.8 Å². The lowest BCUT2D eigenvalue weighted by atomic mass is 9.94. The molecule has 0 aliphatic carbocycles. The van der Waals surface area contributed by atoms with Gasteiger partial charge < -0.3 is 9.84 Å². The highest BCUT2D eigenvalue weighted by atomic mass is 16.5. The topological polar surface area (TPSA) is 73.3 Å². The van der Waals surface area contributed by atoms with Gasteiger partial charge in [0.15, 0.2) is 0 Å². The second-order valence-corrected chi connectivity index (χ2v) is 9.31. The Hall–Kier alpha value is -2.76. The summed E-state index contributed by atoms with van der Waals surface area (Å²) in [6, 6.07) is 11.2. The van der Waals surface area contributed by atoms with Crippen molar-refractivity contribution in [3.8, 4) is 12.3 Å². The van der Waals surface area contributed by atoms with E-state index in [1.807, 2.05) is 38.1 Å². The zero-order valence-electron chi connectivity index (χ0n) is 20.0. The first-order valence-corrected chi connectivity index (χ1v) is 12.0. The molecule has 34 heavy (non-hydrogen) atoms. The lowest BCUT2D eigenvalue weighted by Gasteiger charge is -2.37. The summed E-state index contributed by atoms with van der Waals surface area (Å²) in [4.78, 5) is 32.0. The Morgan fingerprint density at radius 3 is 2.18 bits per heavy atom. The number of terminal acetylenes is 1. The molecule has 2 heterocycles. The van der Waals surface area contributed by atoms with Gasteiger partial charge in [-0.05, 0) is 30.9 Å². The van der Waals surface area contributed by atoms with E-state index in [2.05, 4.69) is 15.7 Å². The van der Waals surface area contributed by atoms with Gasteiger partial charge in [0.2, 0.25) is 0 Å². The van der Waals surface area contributed by atoms with Crippen LogP contribution in [0.3, 0.4) is 0 Å². The summed E-state index contributed by atoms with van der Waals surface area (Å²) in [7, 11) is 0. The molecule has 2 aliphatic rings. The Bertz CT molecular complexity index is 1050. The third-order valence-corrected chi connectivity index (χ3v) is 7.00. The van der Waals surface area contributed by atoms with Gasteiger partial charge in [0, 0.05) is 62.3 Å². The first-order chi connectivity index (χ1) is 16.3. The van der Waals surface area contributed by atoms with Gasteiger partial charge in [0.05, 0.1) is 12.7 Å². The van der Waals surface area contributed by atoms with Gasteiger partial charge in [0.1, 0.15) is 5.60 Å². The van der Waals surface area contributed by atoms with Crippen LogP contribution in [0.25, 0.3) is 10.8 Å². The minimum atomic E-state index is -0.644. The molecule has 2 aromatic rings. The molecule has 0 bridgehead atoms. The summed E-state index contributed by atoms with van der Waals surface area (Å²) >= 11 is 0. The number of imide groups is 1. The van der Waals surface area contributed by atoms with E-state index in [0.717, 1.165) is 37.0 Å². The summed E-state index contributed by atoms with van der Waals surface area (Å²) in [5, 5.41) is 12.0. The Labute approximate surface area is 201 Å². The first-order valence-electron chi connectivity index (χ1n) is 12.0. The van der Waals surface area contributed by atoms with Crippen molar-refractivity contribution in [2.75, 3.05) is 52.4 Å². The largest absolute Gasteiger partial charge is 0.389 e. The maximum atomic E-state index is 13.1. The zero-order valence-corrected chi connectivity index (χ0v) is 20.0. The van der Waals surface area contributed by atoms with E-state index in [0.29, 0.717) is 37.2 Å². The lowest BCUT2D eigenvalue weighted by molar-refractivity contribution is -0.0500. The Kier molecular flexibility index (Phi) is 7.34. The maximum absolute atomic E-state index is 13.1. The molecular formula is C27H33N3O4. The van der Waals surface area contributed by atoms with E-state index in [-0.39, 0.29) is 18.4 Å². The molecule has 180 valence electrons. The summed E-state index contributed by atoms with van der Waals surface area (Å²) in [6.07, 6.45) is 5.62. The van der Waals surface area contributed by atoms with E-state index in [4.69, 9.17) is 11.2 Å². The van der Waals surface area contributed by atoms with Crippen LogP contribution in [0, 0.1) is 12.3 Å². The van der Waals surface area contributed by atoms with Crippen molar-refractivity contribution in [2.45, 2.75) is 32.0 Å². The quantitative estimate of drug-likeness (QED) is 0.454. The number of ether oxygens (including phenoxy) is 1. The molecule has 7 heteroatoms. The molecule has 0 aromatic heterocycles. The molecule has 0 radical (unpaired) electrons. The molecule has 2 aromatic carbocycles. The molecule has 2 aliphatic heterocycles. The average molecular weight is 464 g/mol. The molecule has 1 N–H and O–H groups in total. The van der Waals surface area contributed by atoms with Crippen LogP contribution >= 0.6 is 0 Å². The average Bonchev–Trinajstić information content (AvgIpc) is 2.86. The van der Waals surface area contributed by atoms with E-state index >= 15 is 0 Å². The number of hydrogen-bond acceptors (Lipinski definition) is 6. The predicted octanol–water partition coefficient (Wildman–Crippen LogP) is 2.23. The Morgan fingerprint density at radius 1 is 1.03 bits per heavy atom. The number of aliphatic hydroxyl groups excluding tert-OH is 1. The normalized spacial score (nSPS) is 19.8. The second kappa shape index (κ2) is 10.2. The molecule has 2 atom stereocenters. The third-order valence-electron chi connectivity index (χ3n) is 7.00. The number of piperazine rings is 1. The van der Waals surface area contributed by atoms with Crippen LogP contribution in [0.5, 0.6) is 0 Å². The number of carbonyl (C=O) groups excluding carboxylic acids is 2. The number of hydrogen-bond donors (Lipinski definition) is 1. The monoisotopic (exact) mass is 463 g/mol. The van der Waals surface area contributed by atoms with Gasteiger partial charge in [-0.25, -0.2) is 0 Å². The van der Waals surface area contributed by atoms with Crippen LogP contribution in [-0.2, 0) is 4.74 Å². The number of carbonyl (C=O) groups is 2. The van der Waals surface area contributed by atoms with Crippen molar-refractivity contribution in [2.24, 2.45) is 0 Å². The molecule has 7 nitrogen and oxygen atoms in total. The molecular weight excluding hydrogens is 430 g/mol. The molecule has 1 saturated heterocycles. The van der Waals surface area contributed by atoms with Crippen molar-refractivity contribution < 1.29 is 19.4 Å². The highest BCUT2D eigenvalue weighted by Crippen LogP contribution is 2.29. The van der Waals surface area contributed by atoms with Crippen LogP contribution < -0.4 is 0 Å². The third kappa shape index (κ3) is 5.01. The van der Waals surface area contributed by atoms with E-state index in [9.17, 15) is 14.7 Å². The number of β-amino-alcohol motifs (C(OH)–C–C–N with tert-alkyl or cyclic N) is 1. The zero-order chi connectivity index (χ0) is 24.3. The number of aliphatic hydroxyl groups is 1. The fourth-order valence-corrected chi connectivity index (χ4v) is 4.60. The van der Waals surface area contributed by atoms with Crippen molar-refractivity contribution in [1.82, 2.24) is 14.7 Å². The molecule has 0 saturated carbocycles. The molecule has 0 unspecified atom stereocenters. The predicted molar refractivity (Wildman–Crippen MR) is 132 cm³/mol. The van der Waals surface area contributed by atoms with E-state index < -0.39 is 11.7 Å². The second-order valence-electron chi connectivity index (χ2n) is 9.31.